The molecule has 0 radical (unpaired) electrons. The summed E-state index contributed by atoms with van der Waals surface area (Å²) < 4.78 is 31.2. The number of ether oxygens (including phenoxy) is 1. The third-order valence-electron chi connectivity index (χ3n) is 5.23. The van der Waals surface area contributed by atoms with Crippen molar-refractivity contribution in [1.82, 2.24) is 16.0 Å². The van der Waals surface area contributed by atoms with Gasteiger partial charge in [0.05, 0.1) is 6.54 Å². The molecule has 0 spiro atoms. The van der Waals surface area contributed by atoms with Gasteiger partial charge in [-0.3, -0.25) is 14.4 Å². The Morgan fingerprint density at radius 1 is 0.912 bits per heavy atom. The lowest BCUT2D eigenvalue weighted by molar-refractivity contribution is -0.137. The van der Waals surface area contributed by atoms with Crippen LogP contribution in [0.5, 0.6) is 0 Å². The molecule has 9 nitrogen and oxygen atoms in total. The normalized spacial score (nSPS) is 12.9. The minimum absolute atomic E-state index is 0.0690. The second kappa shape index (κ2) is 11.2. The molecule has 0 saturated heterocycles. The maximum absolute atomic E-state index is 12.9. The van der Waals surface area contributed by atoms with Crippen LogP contribution in [-0.4, -0.2) is 61.1 Å². The average Bonchev–Trinajstić information content (AvgIpc) is 3.13. The van der Waals surface area contributed by atoms with Crippen molar-refractivity contribution >= 4 is 23.9 Å². The SMILES string of the molecule is O=C(O)CNC(=O)CNC(=O)C(CC(F)F)NC(=O)OCC1c2ccccc2-c2ccccc21. The van der Waals surface area contributed by atoms with Crippen LogP contribution in [0.25, 0.3) is 11.1 Å². The van der Waals surface area contributed by atoms with Crippen molar-refractivity contribution in [1.29, 1.82) is 0 Å². The molecule has 1 atom stereocenters. The molecular formula is C23H23F2N3O6. The van der Waals surface area contributed by atoms with E-state index in [4.69, 9.17) is 9.84 Å². The predicted octanol–water partition coefficient (Wildman–Crippen LogP) is 1.87. The lowest BCUT2D eigenvalue weighted by Gasteiger charge is -2.19. The van der Waals surface area contributed by atoms with Gasteiger partial charge in [-0.05, 0) is 22.3 Å². The summed E-state index contributed by atoms with van der Waals surface area (Å²) in [4.78, 5) is 46.5. The van der Waals surface area contributed by atoms with Crippen molar-refractivity contribution in [2.75, 3.05) is 19.7 Å². The van der Waals surface area contributed by atoms with Crippen LogP contribution in [0, 0.1) is 0 Å². The van der Waals surface area contributed by atoms with E-state index in [0.29, 0.717) is 0 Å². The molecule has 2 aromatic rings. The van der Waals surface area contributed by atoms with E-state index in [1.165, 1.54) is 0 Å². The molecule has 0 fully saturated rings. The Kier molecular flexibility index (Phi) is 8.12. The molecule has 180 valence electrons. The van der Waals surface area contributed by atoms with Crippen LogP contribution >= 0.6 is 0 Å². The van der Waals surface area contributed by atoms with Gasteiger partial charge in [-0.1, -0.05) is 48.5 Å². The number of alkyl halides is 2. The number of hydrogen-bond donors (Lipinski definition) is 4. The zero-order valence-electron chi connectivity index (χ0n) is 17.9. The highest BCUT2D eigenvalue weighted by Gasteiger charge is 2.30. The molecule has 0 saturated carbocycles. The van der Waals surface area contributed by atoms with Crippen molar-refractivity contribution in [2.45, 2.75) is 24.8 Å². The number of hydrogen-bond acceptors (Lipinski definition) is 5. The topological polar surface area (TPSA) is 134 Å². The van der Waals surface area contributed by atoms with Crippen LogP contribution in [0.2, 0.25) is 0 Å². The highest BCUT2D eigenvalue weighted by molar-refractivity contribution is 5.90. The zero-order valence-corrected chi connectivity index (χ0v) is 17.9. The van der Waals surface area contributed by atoms with Gasteiger partial charge in [-0.15, -0.1) is 0 Å². The highest BCUT2D eigenvalue weighted by atomic mass is 19.3. The fraction of sp³-hybridized carbons (Fsp3) is 0.304. The van der Waals surface area contributed by atoms with Crippen LogP contribution < -0.4 is 16.0 Å². The quantitative estimate of drug-likeness (QED) is 0.415. The Balaban J connectivity index is 1.58. The summed E-state index contributed by atoms with van der Waals surface area (Å²) in [5, 5.41) is 14.7. The molecule has 11 heteroatoms. The standard InChI is InChI=1S/C23H23F2N3O6/c24-19(25)9-18(22(32)27-10-20(29)26-11-21(30)31)28-23(33)34-12-17-15-7-3-1-5-13(15)14-6-2-4-8-16(14)17/h1-8,17-19H,9-12H2,(H,26,29)(H,27,32)(H,28,33)(H,30,31). The van der Waals surface area contributed by atoms with Crippen molar-refractivity contribution < 1.29 is 37.8 Å². The Morgan fingerprint density at radius 3 is 2.06 bits per heavy atom. The number of aliphatic carboxylic acids is 1. The number of carbonyl (C=O) groups excluding carboxylic acids is 3. The van der Waals surface area contributed by atoms with E-state index in [-0.39, 0.29) is 12.5 Å². The molecule has 1 aliphatic rings. The Morgan fingerprint density at radius 2 is 1.50 bits per heavy atom. The molecule has 0 aromatic heterocycles. The molecule has 0 aliphatic heterocycles. The lowest BCUT2D eigenvalue weighted by Crippen LogP contribution is -2.50. The Bertz CT molecular complexity index is 1030. The minimum Gasteiger partial charge on any atom is -0.480 e. The first-order valence-corrected chi connectivity index (χ1v) is 10.4. The number of rotatable bonds is 10. The smallest absolute Gasteiger partial charge is 0.407 e. The van der Waals surface area contributed by atoms with Gasteiger partial charge in [-0.25, -0.2) is 13.6 Å². The van der Waals surface area contributed by atoms with Crippen LogP contribution in [0.4, 0.5) is 13.6 Å². The van der Waals surface area contributed by atoms with Gasteiger partial charge in [0.15, 0.2) is 0 Å². The van der Waals surface area contributed by atoms with E-state index >= 15 is 0 Å². The summed E-state index contributed by atoms with van der Waals surface area (Å²) in [6, 6.07) is 13.7. The number of fused-ring (bicyclic) bond motifs is 3. The third-order valence-corrected chi connectivity index (χ3v) is 5.23. The largest absolute Gasteiger partial charge is 0.480 e. The molecular weight excluding hydrogens is 452 g/mol. The van der Waals surface area contributed by atoms with Gasteiger partial charge in [0.1, 0.15) is 19.2 Å². The van der Waals surface area contributed by atoms with Crippen molar-refractivity contribution in [3.63, 3.8) is 0 Å². The molecule has 1 unspecified atom stereocenters. The van der Waals surface area contributed by atoms with Crippen molar-refractivity contribution in [3.8, 4) is 11.1 Å². The monoisotopic (exact) mass is 475 g/mol. The number of alkyl carbamates (subject to hydrolysis) is 1. The summed E-state index contributed by atoms with van der Waals surface area (Å²) in [6.07, 6.45) is -4.96. The van der Waals surface area contributed by atoms with Crippen LogP contribution in [0.1, 0.15) is 23.5 Å². The van der Waals surface area contributed by atoms with E-state index in [1.807, 2.05) is 53.8 Å². The first kappa shape index (κ1) is 24.6. The lowest BCUT2D eigenvalue weighted by atomic mass is 9.98. The second-order valence-corrected chi connectivity index (χ2v) is 7.54. The van der Waals surface area contributed by atoms with Gasteiger partial charge < -0.3 is 25.8 Å². The van der Waals surface area contributed by atoms with Crippen molar-refractivity contribution in [3.05, 3.63) is 59.7 Å². The molecule has 0 bridgehead atoms. The fourth-order valence-corrected chi connectivity index (χ4v) is 3.72. The van der Waals surface area contributed by atoms with E-state index in [0.717, 1.165) is 22.3 Å². The van der Waals surface area contributed by atoms with Gasteiger partial charge in [0.25, 0.3) is 0 Å². The van der Waals surface area contributed by atoms with E-state index in [1.54, 1.807) is 0 Å². The van der Waals surface area contributed by atoms with Gasteiger partial charge in [0, 0.05) is 12.3 Å². The number of nitrogens with one attached hydrogen (secondary N) is 3. The minimum atomic E-state index is -2.91. The molecule has 3 amide bonds. The number of halogens is 2. The summed E-state index contributed by atoms with van der Waals surface area (Å²) in [6.45, 7) is -1.37. The maximum atomic E-state index is 12.9. The average molecular weight is 475 g/mol. The predicted molar refractivity (Wildman–Crippen MR) is 116 cm³/mol. The number of benzene rings is 2. The molecule has 0 heterocycles. The first-order chi connectivity index (χ1) is 16.3. The van der Waals surface area contributed by atoms with Crippen LogP contribution in [0.15, 0.2) is 48.5 Å². The third kappa shape index (κ3) is 6.27. The van der Waals surface area contributed by atoms with Gasteiger partial charge in [0.2, 0.25) is 18.2 Å². The number of amides is 3. The molecule has 4 N–H and O–H groups in total. The van der Waals surface area contributed by atoms with Crippen LogP contribution in [0.3, 0.4) is 0 Å². The molecule has 3 rings (SSSR count). The molecule has 34 heavy (non-hydrogen) atoms. The summed E-state index contributed by atoms with van der Waals surface area (Å²) in [5.41, 5.74) is 3.96. The second-order valence-electron chi connectivity index (χ2n) is 7.54. The molecule has 2 aromatic carbocycles. The van der Waals surface area contributed by atoms with Crippen molar-refractivity contribution in [2.24, 2.45) is 0 Å². The number of carbonyl (C=O) groups is 4. The summed E-state index contributed by atoms with van der Waals surface area (Å²) >= 11 is 0. The van der Waals surface area contributed by atoms with E-state index in [9.17, 15) is 28.0 Å². The number of carboxylic acids is 1. The summed E-state index contributed by atoms with van der Waals surface area (Å²) in [5.74, 6) is -3.39. The Labute approximate surface area is 193 Å². The molecule has 1 aliphatic carbocycles. The fourth-order valence-electron chi connectivity index (χ4n) is 3.72. The van der Waals surface area contributed by atoms with E-state index < -0.39 is 55.9 Å². The van der Waals surface area contributed by atoms with E-state index in [2.05, 4.69) is 10.6 Å². The van der Waals surface area contributed by atoms with Crippen LogP contribution in [-0.2, 0) is 19.1 Å². The van der Waals surface area contributed by atoms with Gasteiger partial charge >= 0.3 is 12.1 Å². The maximum Gasteiger partial charge on any atom is 0.407 e. The summed E-state index contributed by atoms with van der Waals surface area (Å²) in [7, 11) is 0. The van der Waals surface area contributed by atoms with Gasteiger partial charge in [-0.2, -0.15) is 0 Å². The highest BCUT2D eigenvalue weighted by Crippen LogP contribution is 2.44. The number of carboxylic acid groups (broad SMARTS) is 1. The first-order valence-electron chi connectivity index (χ1n) is 10.4. The Hall–Kier alpha value is -4.02. The zero-order chi connectivity index (χ0) is 24.7.